The van der Waals surface area contributed by atoms with Crippen molar-refractivity contribution in [3.8, 4) is 11.1 Å². The van der Waals surface area contributed by atoms with Gasteiger partial charge in [-0.05, 0) is 78.3 Å². The second kappa shape index (κ2) is 13.8. The molecule has 43 heavy (non-hydrogen) atoms. The van der Waals surface area contributed by atoms with Gasteiger partial charge in [0, 0.05) is 36.4 Å². The van der Waals surface area contributed by atoms with Crippen LogP contribution in [0, 0.1) is 11.8 Å². The van der Waals surface area contributed by atoms with Gasteiger partial charge in [0.2, 0.25) is 5.91 Å². The predicted octanol–water partition coefficient (Wildman–Crippen LogP) is 6.55. The number of anilines is 2. The second-order valence-corrected chi connectivity index (χ2v) is 11.1. The third kappa shape index (κ3) is 8.15. The van der Waals surface area contributed by atoms with E-state index in [2.05, 4.69) is 15.5 Å². The zero-order valence-corrected chi connectivity index (χ0v) is 24.4. The minimum Gasteiger partial charge on any atom is -0.467 e. The molecule has 1 aliphatic heterocycles. The zero-order valence-electron chi connectivity index (χ0n) is 24.4. The molecule has 0 saturated carbocycles. The molecule has 0 bridgehead atoms. The number of benzene rings is 3. The number of methoxy groups -OCH3 is 1. The molecule has 2 N–H and O–H groups in total. The smallest absolute Gasteiger partial charge is 0.416 e. The van der Waals surface area contributed by atoms with Crippen LogP contribution in [-0.2, 0) is 20.5 Å². The first kappa shape index (κ1) is 31.6. The quantitative estimate of drug-likeness (QED) is 0.274. The summed E-state index contributed by atoms with van der Waals surface area (Å²) in [6, 6.07) is 18.3. The standard InChI is InChI=1S/C33H36F3N3O4/c1-21(2)30(32(42)43-3)38-29(40)20-22-16-18-39(19-17-22)26-14-12-25(13-15-26)37-31(41)28-7-5-4-6-27(28)23-8-10-24(11-9-23)33(34,35)36/h4-15,21-22,30H,16-20H2,1-3H3,(H,37,41)(H,38,40). The van der Waals surface area contributed by atoms with Crippen LogP contribution in [0.1, 0.15) is 49.0 Å². The third-order valence-corrected chi connectivity index (χ3v) is 7.71. The van der Waals surface area contributed by atoms with Crippen molar-refractivity contribution in [2.45, 2.75) is 45.3 Å². The lowest BCUT2D eigenvalue weighted by molar-refractivity contribution is -0.146. The number of halogens is 3. The van der Waals surface area contributed by atoms with Gasteiger partial charge in [0.25, 0.3) is 5.91 Å². The van der Waals surface area contributed by atoms with Crippen LogP contribution in [0.4, 0.5) is 24.5 Å². The Morgan fingerprint density at radius 1 is 0.930 bits per heavy atom. The van der Waals surface area contributed by atoms with Gasteiger partial charge in [-0.15, -0.1) is 0 Å². The molecule has 0 aromatic heterocycles. The van der Waals surface area contributed by atoms with E-state index in [1.165, 1.54) is 19.2 Å². The summed E-state index contributed by atoms with van der Waals surface area (Å²) in [5, 5.41) is 5.69. The lowest BCUT2D eigenvalue weighted by Crippen LogP contribution is -2.46. The fourth-order valence-electron chi connectivity index (χ4n) is 5.24. The van der Waals surface area contributed by atoms with Crippen LogP contribution in [0.15, 0.2) is 72.8 Å². The summed E-state index contributed by atoms with van der Waals surface area (Å²) in [6.45, 7) is 5.27. The number of ether oxygens (including phenoxy) is 1. The molecule has 1 saturated heterocycles. The van der Waals surface area contributed by atoms with E-state index in [-0.39, 0.29) is 23.7 Å². The number of esters is 1. The molecule has 3 aromatic carbocycles. The van der Waals surface area contributed by atoms with Crippen LogP contribution in [0.2, 0.25) is 0 Å². The van der Waals surface area contributed by atoms with Crippen LogP contribution in [-0.4, -0.2) is 44.0 Å². The molecule has 1 atom stereocenters. The number of carbonyl (C=O) groups excluding carboxylic acids is 3. The van der Waals surface area contributed by atoms with Crippen LogP contribution in [0.3, 0.4) is 0 Å². The SMILES string of the molecule is COC(=O)C(NC(=O)CC1CCN(c2ccc(NC(=O)c3ccccc3-c3ccc(C(F)(F)F)cc3)cc2)CC1)C(C)C. The minimum absolute atomic E-state index is 0.0696. The van der Waals surface area contributed by atoms with Gasteiger partial charge in [0.1, 0.15) is 6.04 Å². The van der Waals surface area contributed by atoms with E-state index in [0.29, 0.717) is 28.8 Å². The van der Waals surface area contributed by atoms with Crippen molar-refractivity contribution < 1.29 is 32.3 Å². The van der Waals surface area contributed by atoms with Crippen molar-refractivity contribution in [3.05, 3.63) is 83.9 Å². The Bertz CT molecular complexity index is 1410. The summed E-state index contributed by atoms with van der Waals surface area (Å²) in [6.07, 6.45) is -2.42. The molecule has 1 unspecified atom stereocenters. The molecule has 2 amide bonds. The van der Waals surface area contributed by atoms with E-state index in [1.807, 2.05) is 38.1 Å². The zero-order chi connectivity index (χ0) is 31.1. The number of rotatable bonds is 9. The summed E-state index contributed by atoms with van der Waals surface area (Å²) in [5.41, 5.74) is 2.24. The summed E-state index contributed by atoms with van der Waals surface area (Å²) < 4.78 is 43.7. The van der Waals surface area contributed by atoms with Gasteiger partial charge in [0.15, 0.2) is 0 Å². The largest absolute Gasteiger partial charge is 0.467 e. The topological polar surface area (TPSA) is 87.7 Å². The van der Waals surface area contributed by atoms with Crippen molar-refractivity contribution in [1.82, 2.24) is 5.32 Å². The molecule has 1 heterocycles. The van der Waals surface area contributed by atoms with E-state index < -0.39 is 23.8 Å². The van der Waals surface area contributed by atoms with Gasteiger partial charge in [-0.2, -0.15) is 13.2 Å². The van der Waals surface area contributed by atoms with Gasteiger partial charge in [-0.3, -0.25) is 9.59 Å². The van der Waals surface area contributed by atoms with E-state index >= 15 is 0 Å². The number of hydrogen-bond donors (Lipinski definition) is 2. The number of amides is 2. The molecule has 0 radical (unpaired) electrons. The van der Waals surface area contributed by atoms with Crippen molar-refractivity contribution >= 4 is 29.2 Å². The first-order valence-electron chi connectivity index (χ1n) is 14.3. The third-order valence-electron chi connectivity index (χ3n) is 7.71. The number of alkyl halides is 3. The van der Waals surface area contributed by atoms with Gasteiger partial charge in [-0.1, -0.05) is 44.2 Å². The van der Waals surface area contributed by atoms with Crippen LogP contribution in [0.5, 0.6) is 0 Å². The summed E-state index contributed by atoms with van der Waals surface area (Å²) in [4.78, 5) is 39.9. The maximum Gasteiger partial charge on any atom is 0.416 e. The Hall–Kier alpha value is -4.34. The maximum absolute atomic E-state index is 13.1. The number of nitrogens with zero attached hydrogens (tertiary/aromatic N) is 1. The van der Waals surface area contributed by atoms with Crippen molar-refractivity contribution in [3.63, 3.8) is 0 Å². The van der Waals surface area contributed by atoms with Gasteiger partial charge in [0.05, 0.1) is 12.7 Å². The molecule has 1 aliphatic rings. The van der Waals surface area contributed by atoms with Gasteiger partial charge in [-0.25, -0.2) is 4.79 Å². The maximum atomic E-state index is 13.1. The normalized spacial score (nSPS) is 14.7. The average molecular weight is 596 g/mol. The Kier molecular flexibility index (Phi) is 10.1. The summed E-state index contributed by atoms with van der Waals surface area (Å²) in [7, 11) is 1.31. The van der Waals surface area contributed by atoms with Gasteiger partial charge >= 0.3 is 12.1 Å². The Labute approximate surface area is 249 Å². The molecule has 7 nitrogen and oxygen atoms in total. The number of nitrogens with one attached hydrogen (secondary N) is 2. The van der Waals surface area contributed by atoms with E-state index in [1.54, 1.807) is 24.3 Å². The number of piperidine rings is 1. The van der Waals surface area contributed by atoms with Crippen molar-refractivity contribution in [2.24, 2.45) is 11.8 Å². The predicted molar refractivity (Wildman–Crippen MR) is 160 cm³/mol. The molecule has 3 aromatic rings. The highest BCUT2D eigenvalue weighted by Crippen LogP contribution is 2.32. The lowest BCUT2D eigenvalue weighted by atomic mass is 9.92. The lowest BCUT2D eigenvalue weighted by Gasteiger charge is -2.33. The highest BCUT2D eigenvalue weighted by Gasteiger charge is 2.30. The monoisotopic (exact) mass is 595 g/mol. The summed E-state index contributed by atoms with van der Waals surface area (Å²) in [5.74, 6) is -0.817. The van der Waals surface area contributed by atoms with Crippen LogP contribution < -0.4 is 15.5 Å². The Morgan fingerprint density at radius 2 is 1.56 bits per heavy atom. The van der Waals surface area contributed by atoms with E-state index in [9.17, 15) is 27.6 Å². The van der Waals surface area contributed by atoms with Crippen LogP contribution >= 0.6 is 0 Å². The highest BCUT2D eigenvalue weighted by atomic mass is 19.4. The van der Waals surface area contributed by atoms with Crippen molar-refractivity contribution in [1.29, 1.82) is 0 Å². The molecule has 4 rings (SSSR count). The average Bonchev–Trinajstić information content (AvgIpc) is 3.00. The fraction of sp³-hybridized carbons (Fsp3) is 0.364. The Morgan fingerprint density at radius 3 is 2.14 bits per heavy atom. The second-order valence-electron chi connectivity index (χ2n) is 11.1. The molecule has 1 fully saturated rings. The number of hydrogen-bond acceptors (Lipinski definition) is 5. The molecule has 228 valence electrons. The first-order valence-corrected chi connectivity index (χ1v) is 14.3. The first-order chi connectivity index (χ1) is 20.5. The highest BCUT2D eigenvalue weighted by molar-refractivity contribution is 6.08. The van der Waals surface area contributed by atoms with Gasteiger partial charge < -0.3 is 20.3 Å². The molecular formula is C33H36F3N3O4. The van der Waals surface area contributed by atoms with E-state index in [0.717, 1.165) is 43.8 Å². The molecule has 10 heteroatoms. The fourth-order valence-corrected chi connectivity index (χ4v) is 5.24. The molecule has 0 spiro atoms. The molecular weight excluding hydrogens is 559 g/mol. The van der Waals surface area contributed by atoms with Crippen LogP contribution in [0.25, 0.3) is 11.1 Å². The molecule has 0 aliphatic carbocycles. The van der Waals surface area contributed by atoms with Crippen molar-refractivity contribution in [2.75, 3.05) is 30.4 Å². The number of carbonyl (C=O) groups is 3. The van der Waals surface area contributed by atoms with E-state index in [4.69, 9.17) is 4.74 Å². The Balaban J connectivity index is 1.32. The minimum atomic E-state index is -4.43. The summed E-state index contributed by atoms with van der Waals surface area (Å²) >= 11 is 0.